The molecule has 0 amide bonds. The van der Waals surface area contributed by atoms with Crippen molar-refractivity contribution in [2.45, 2.75) is 6.92 Å². The van der Waals surface area contributed by atoms with Crippen LogP contribution in [0.4, 0.5) is 28.4 Å². The third-order valence-corrected chi connectivity index (χ3v) is 8.60. The first kappa shape index (κ1) is 30.1. The fraction of sp³-hybridized carbons (Fsp3) is 0.0244. The number of nitrogens with zero attached hydrogens (tertiary/aromatic N) is 2. The maximum atomic E-state index is 11.0. The maximum absolute atomic E-state index is 11.0. The summed E-state index contributed by atoms with van der Waals surface area (Å²) in [4.78, 5) is 3.78. The van der Waals surface area contributed by atoms with Crippen LogP contribution in [0.1, 0.15) is 23.6 Å². The SMILES string of the molecule is C=CC1=C(/C=C\C)N(c2c(O)c(O)c(O)c(O)c2O)c2ccc(-c3ccc4c(c3)C=Cc3ccccc3N4c3ccccc3)cc2C=C1. The van der Waals surface area contributed by atoms with Crippen molar-refractivity contribution < 1.29 is 25.5 Å². The number of anilines is 5. The van der Waals surface area contributed by atoms with Gasteiger partial charge >= 0.3 is 0 Å². The molecule has 48 heavy (non-hydrogen) atoms. The Labute approximate surface area is 278 Å². The lowest BCUT2D eigenvalue weighted by Crippen LogP contribution is -2.17. The summed E-state index contributed by atoms with van der Waals surface area (Å²) in [5.41, 5.74) is 9.32. The Balaban J connectivity index is 1.39. The number of fused-ring (bicyclic) bond motifs is 3. The van der Waals surface area contributed by atoms with E-state index in [9.17, 15) is 25.5 Å². The number of rotatable bonds is 5. The highest BCUT2D eigenvalue weighted by atomic mass is 16.4. The molecular formula is C41H32N2O5. The average molecular weight is 633 g/mol. The molecule has 0 fully saturated rings. The number of hydrogen-bond acceptors (Lipinski definition) is 7. The molecule has 2 heterocycles. The van der Waals surface area contributed by atoms with E-state index in [4.69, 9.17) is 0 Å². The molecular weight excluding hydrogens is 600 g/mol. The Morgan fingerprint density at radius 3 is 1.69 bits per heavy atom. The van der Waals surface area contributed by atoms with Gasteiger partial charge in [0.15, 0.2) is 11.5 Å². The Morgan fingerprint density at radius 2 is 1.06 bits per heavy atom. The third-order valence-electron chi connectivity index (χ3n) is 8.60. The molecule has 2 aliphatic heterocycles. The molecule has 5 aromatic rings. The van der Waals surface area contributed by atoms with E-state index < -0.39 is 28.7 Å². The van der Waals surface area contributed by atoms with E-state index in [1.807, 2.05) is 67.6 Å². The number of hydrogen-bond donors (Lipinski definition) is 5. The first-order valence-corrected chi connectivity index (χ1v) is 15.4. The van der Waals surface area contributed by atoms with E-state index in [2.05, 4.69) is 66.1 Å². The van der Waals surface area contributed by atoms with Gasteiger partial charge in [-0.25, -0.2) is 0 Å². The molecule has 7 heteroatoms. The van der Waals surface area contributed by atoms with Crippen LogP contribution in [0, 0.1) is 0 Å². The van der Waals surface area contributed by atoms with Crippen molar-refractivity contribution in [2.24, 2.45) is 0 Å². The molecule has 0 bridgehead atoms. The lowest BCUT2D eigenvalue weighted by molar-refractivity contribution is 0.329. The molecule has 2 aliphatic rings. The van der Waals surface area contributed by atoms with Crippen molar-refractivity contribution in [2.75, 3.05) is 9.80 Å². The molecule has 0 spiro atoms. The first-order valence-electron chi connectivity index (χ1n) is 15.4. The van der Waals surface area contributed by atoms with Gasteiger partial charge in [-0.15, -0.1) is 0 Å². The van der Waals surface area contributed by atoms with Gasteiger partial charge in [0.25, 0.3) is 0 Å². The van der Waals surface area contributed by atoms with Crippen LogP contribution in [0.3, 0.4) is 0 Å². The molecule has 0 aromatic heterocycles. The van der Waals surface area contributed by atoms with E-state index in [-0.39, 0.29) is 5.69 Å². The van der Waals surface area contributed by atoms with Crippen molar-refractivity contribution in [3.05, 3.63) is 150 Å². The van der Waals surface area contributed by atoms with Crippen LogP contribution < -0.4 is 9.80 Å². The standard InChI is InChI=1S/C41H32N2O5/c1-3-10-32-25(4-2)15-17-30-24-28(20-22-35(30)43(32)36-37(44)39(46)41(48)40(47)38(36)45)27-19-21-34-29(23-27)18-16-26-11-8-9-14-33(26)42(34)31-12-6-5-7-13-31/h3-24,44-48H,2H2,1H3/b10-3-. The van der Waals surface area contributed by atoms with Gasteiger partial charge in [0.1, 0.15) is 5.69 Å². The van der Waals surface area contributed by atoms with E-state index in [0.29, 0.717) is 17.0 Å². The van der Waals surface area contributed by atoms with Crippen molar-refractivity contribution in [1.82, 2.24) is 0 Å². The molecule has 0 atom stereocenters. The average Bonchev–Trinajstić information content (AvgIpc) is 3.38. The molecule has 0 saturated carbocycles. The second-order valence-corrected chi connectivity index (χ2v) is 11.4. The summed E-state index contributed by atoms with van der Waals surface area (Å²) in [6.45, 7) is 5.78. The third kappa shape index (κ3) is 4.85. The smallest absolute Gasteiger partial charge is 0.208 e. The van der Waals surface area contributed by atoms with Gasteiger partial charge in [-0.3, -0.25) is 0 Å². The minimum absolute atomic E-state index is 0.302. The number of aromatic hydroxyl groups is 5. The minimum atomic E-state index is -1.02. The molecule has 5 aromatic carbocycles. The quantitative estimate of drug-likeness (QED) is 0.0951. The highest BCUT2D eigenvalue weighted by Gasteiger charge is 2.32. The topological polar surface area (TPSA) is 108 Å². The predicted octanol–water partition coefficient (Wildman–Crippen LogP) is 10.0. The summed E-state index contributed by atoms with van der Waals surface area (Å²) in [6, 6.07) is 30.7. The van der Waals surface area contributed by atoms with Gasteiger partial charge in [0, 0.05) is 5.69 Å². The molecule has 7 rings (SSSR count). The van der Waals surface area contributed by atoms with E-state index in [1.165, 1.54) is 4.90 Å². The van der Waals surface area contributed by atoms with Crippen LogP contribution in [-0.2, 0) is 0 Å². The largest absolute Gasteiger partial charge is 0.503 e. The number of allylic oxidation sites excluding steroid dienone is 5. The molecule has 0 radical (unpaired) electrons. The number of phenolic OH excluding ortho intramolecular Hbond substituents is 5. The zero-order valence-corrected chi connectivity index (χ0v) is 26.0. The van der Waals surface area contributed by atoms with E-state index in [0.717, 1.165) is 44.9 Å². The summed E-state index contributed by atoms with van der Waals surface area (Å²) < 4.78 is 0. The monoisotopic (exact) mass is 632 g/mol. The zero-order valence-electron chi connectivity index (χ0n) is 26.0. The fourth-order valence-electron chi connectivity index (χ4n) is 6.29. The van der Waals surface area contributed by atoms with Crippen molar-refractivity contribution in [3.8, 4) is 39.9 Å². The lowest BCUT2D eigenvalue weighted by atomic mass is 9.97. The van der Waals surface area contributed by atoms with Gasteiger partial charge in [0.2, 0.25) is 17.2 Å². The molecule has 0 unspecified atom stereocenters. The zero-order chi connectivity index (χ0) is 33.5. The second-order valence-electron chi connectivity index (χ2n) is 11.4. The van der Waals surface area contributed by atoms with Crippen LogP contribution in [-0.4, -0.2) is 25.5 Å². The van der Waals surface area contributed by atoms with Crippen LogP contribution in [0.15, 0.2) is 133 Å². The Morgan fingerprint density at radius 1 is 0.542 bits per heavy atom. The second kappa shape index (κ2) is 12.0. The normalized spacial score (nSPS) is 13.6. The van der Waals surface area contributed by atoms with Crippen molar-refractivity contribution >= 4 is 46.7 Å². The fourth-order valence-corrected chi connectivity index (χ4v) is 6.29. The Hall–Kier alpha value is -6.60. The van der Waals surface area contributed by atoms with Crippen LogP contribution in [0.5, 0.6) is 28.7 Å². The van der Waals surface area contributed by atoms with Gasteiger partial charge in [-0.05, 0) is 88.9 Å². The predicted molar refractivity (Wildman–Crippen MR) is 193 cm³/mol. The van der Waals surface area contributed by atoms with Crippen LogP contribution >= 0.6 is 0 Å². The summed E-state index contributed by atoms with van der Waals surface area (Å²) in [5.74, 6) is -4.54. The minimum Gasteiger partial charge on any atom is -0.503 e. The maximum Gasteiger partial charge on any atom is 0.208 e. The van der Waals surface area contributed by atoms with E-state index in [1.54, 1.807) is 18.2 Å². The highest BCUT2D eigenvalue weighted by Crippen LogP contribution is 2.58. The Kier molecular flexibility index (Phi) is 7.50. The molecule has 236 valence electrons. The van der Waals surface area contributed by atoms with Crippen LogP contribution in [0.25, 0.3) is 29.4 Å². The summed E-state index contributed by atoms with van der Waals surface area (Å²) in [6.07, 6.45) is 13.2. The molecule has 0 aliphatic carbocycles. The van der Waals surface area contributed by atoms with E-state index >= 15 is 0 Å². The number of phenols is 5. The van der Waals surface area contributed by atoms with Crippen LogP contribution in [0.2, 0.25) is 0 Å². The Bertz CT molecular complexity index is 2200. The van der Waals surface area contributed by atoms with Gasteiger partial charge in [-0.2, -0.15) is 0 Å². The summed E-state index contributed by atoms with van der Waals surface area (Å²) in [5, 5.41) is 53.0. The lowest BCUT2D eigenvalue weighted by Gasteiger charge is -2.30. The highest BCUT2D eigenvalue weighted by molar-refractivity contribution is 5.95. The van der Waals surface area contributed by atoms with Crippen molar-refractivity contribution in [1.29, 1.82) is 0 Å². The number of benzene rings is 5. The molecule has 7 nitrogen and oxygen atoms in total. The summed E-state index contributed by atoms with van der Waals surface area (Å²) >= 11 is 0. The van der Waals surface area contributed by atoms with Gasteiger partial charge in [0.05, 0.1) is 22.8 Å². The molecule has 5 N–H and O–H groups in total. The first-order chi connectivity index (χ1) is 23.3. The molecule has 0 saturated heterocycles. The van der Waals surface area contributed by atoms with Crippen molar-refractivity contribution in [3.63, 3.8) is 0 Å². The van der Waals surface area contributed by atoms with Gasteiger partial charge in [-0.1, -0.05) is 91.6 Å². The van der Waals surface area contributed by atoms with Gasteiger partial charge < -0.3 is 35.3 Å². The number of para-hydroxylation sites is 2. The summed E-state index contributed by atoms with van der Waals surface area (Å²) in [7, 11) is 0.